The average Bonchev–Trinajstić information content (AvgIpc) is 2.70. The van der Waals surface area contributed by atoms with Gasteiger partial charge in [-0.1, -0.05) is 48.0 Å². The van der Waals surface area contributed by atoms with E-state index in [-0.39, 0.29) is 0 Å². The quantitative estimate of drug-likeness (QED) is 0.308. The number of nitrogens with zero attached hydrogens (tertiary/aromatic N) is 3. The normalized spacial score (nSPS) is 11.2. The van der Waals surface area contributed by atoms with Crippen LogP contribution in [0.4, 0.5) is 11.6 Å². The highest BCUT2D eigenvalue weighted by Crippen LogP contribution is 2.15. The van der Waals surface area contributed by atoms with Gasteiger partial charge >= 0.3 is 0 Å². The van der Waals surface area contributed by atoms with Crippen LogP contribution in [0, 0.1) is 27.7 Å². The van der Waals surface area contributed by atoms with Crippen LogP contribution in [0.3, 0.4) is 0 Å². The topological polar surface area (TPSA) is 74.2 Å². The molecule has 31 heavy (non-hydrogen) atoms. The molecular weight excluding hydrogens is 404 g/mol. The summed E-state index contributed by atoms with van der Waals surface area (Å²) in [6, 6.07) is 18.4. The lowest BCUT2D eigenvalue weighted by atomic mass is 10.1. The second-order valence-electron chi connectivity index (χ2n) is 7.46. The smallest absolute Gasteiger partial charge is 0.229 e. The van der Waals surface area contributed by atoms with E-state index in [9.17, 15) is 0 Å². The Balaban J connectivity index is 1.73. The van der Waals surface area contributed by atoms with Gasteiger partial charge in [-0.3, -0.25) is 10.3 Å². The van der Waals surface area contributed by atoms with Crippen molar-refractivity contribution < 1.29 is 0 Å². The molecule has 0 spiro atoms. The van der Waals surface area contributed by atoms with Gasteiger partial charge in [-0.15, -0.1) is 0 Å². The predicted molar refractivity (Wildman–Crippen MR) is 133 cm³/mol. The summed E-state index contributed by atoms with van der Waals surface area (Å²) in [5, 5.41) is 10.0. The minimum absolute atomic E-state index is 0.447. The molecule has 0 saturated carbocycles. The fourth-order valence-corrected chi connectivity index (χ4v) is 3.36. The summed E-state index contributed by atoms with van der Waals surface area (Å²) in [7, 11) is 0. The summed E-state index contributed by atoms with van der Waals surface area (Å²) < 4.78 is 0. The summed E-state index contributed by atoms with van der Waals surface area (Å²) >= 11 is 5.53. The number of hydrogen-bond acceptors (Lipinski definition) is 4. The van der Waals surface area contributed by atoms with Crippen LogP contribution in [0.1, 0.15) is 28.1 Å². The first-order chi connectivity index (χ1) is 14.9. The predicted octanol–water partition coefficient (Wildman–Crippen LogP) is 4.71. The van der Waals surface area contributed by atoms with E-state index < -0.39 is 0 Å². The fourth-order valence-electron chi connectivity index (χ4n) is 3.15. The Hall–Kier alpha value is -3.32. The molecule has 0 saturated heterocycles. The number of aliphatic imine (C=N–C) groups is 1. The van der Waals surface area contributed by atoms with Crippen LogP contribution in [0.15, 0.2) is 59.6 Å². The number of thiocarbonyl (C=S) groups is 1. The molecule has 0 aliphatic carbocycles. The highest BCUT2D eigenvalue weighted by Gasteiger charge is 2.08. The van der Waals surface area contributed by atoms with Gasteiger partial charge in [0.15, 0.2) is 5.11 Å². The monoisotopic (exact) mass is 432 g/mol. The molecular formula is C24H28N6S. The zero-order valence-electron chi connectivity index (χ0n) is 18.4. The van der Waals surface area contributed by atoms with Crippen LogP contribution in [0.25, 0.3) is 0 Å². The number of aromatic nitrogens is 2. The van der Waals surface area contributed by atoms with Crippen LogP contribution in [-0.4, -0.2) is 27.6 Å². The molecule has 160 valence electrons. The van der Waals surface area contributed by atoms with Crippen LogP contribution in [0.5, 0.6) is 0 Å². The number of nitrogens with one attached hydrogen (secondary N) is 3. The number of hydrogen-bond donors (Lipinski definition) is 3. The molecule has 6 nitrogen and oxygen atoms in total. The van der Waals surface area contributed by atoms with Crippen LogP contribution in [-0.2, 0) is 6.42 Å². The third-order valence-corrected chi connectivity index (χ3v) is 4.79. The van der Waals surface area contributed by atoms with Crippen molar-refractivity contribution in [3.63, 3.8) is 0 Å². The lowest BCUT2D eigenvalue weighted by Crippen LogP contribution is -2.39. The minimum atomic E-state index is 0.447. The summed E-state index contributed by atoms with van der Waals surface area (Å²) in [4.78, 5) is 13.6. The van der Waals surface area contributed by atoms with Gasteiger partial charge in [0.2, 0.25) is 11.9 Å². The maximum absolute atomic E-state index is 5.53. The maximum atomic E-state index is 5.53. The second kappa shape index (κ2) is 10.6. The van der Waals surface area contributed by atoms with Crippen molar-refractivity contribution >= 4 is 34.9 Å². The first kappa shape index (κ1) is 22.4. The highest BCUT2D eigenvalue weighted by atomic mass is 32.1. The van der Waals surface area contributed by atoms with Crippen molar-refractivity contribution in [2.24, 2.45) is 4.99 Å². The Morgan fingerprint density at radius 3 is 2.29 bits per heavy atom. The number of benzene rings is 2. The molecule has 7 heteroatoms. The third kappa shape index (κ3) is 7.15. The van der Waals surface area contributed by atoms with Crippen molar-refractivity contribution in [3.8, 4) is 0 Å². The van der Waals surface area contributed by atoms with Gasteiger partial charge in [-0.25, -0.2) is 9.97 Å². The van der Waals surface area contributed by atoms with Crippen LogP contribution in [0.2, 0.25) is 0 Å². The maximum Gasteiger partial charge on any atom is 0.229 e. The molecule has 0 radical (unpaired) electrons. The molecule has 3 rings (SSSR count). The van der Waals surface area contributed by atoms with Crippen molar-refractivity contribution in [1.82, 2.24) is 15.3 Å². The molecule has 0 unspecified atom stereocenters. The van der Waals surface area contributed by atoms with E-state index in [4.69, 9.17) is 12.2 Å². The average molecular weight is 433 g/mol. The Bertz CT molecular complexity index is 1060. The molecule has 3 aromatic rings. The van der Waals surface area contributed by atoms with Crippen LogP contribution >= 0.6 is 12.2 Å². The van der Waals surface area contributed by atoms with E-state index in [0.717, 1.165) is 29.1 Å². The Kier molecular flexibility index (Phi) is 7.67. The molecule has 0 atom stereocenters. The van der Waals surface area contributed by atoms with Gasteiger partial charge in [0.1, 0.15) is 0 Å². The summed E-state index contributed by atoms with van der Waals surface area (Å²) in [5.74, 6) is 0.987. The van der Waals surface area contributed by atoms with Crippen molar-refractivity contribution in [2.75, 3.05) is 17.2 Å². The fraction of sp³-hybridized carbons (Fsp3) is 0.250. The SMILES string of the molecule is Cc1ccc(NC(=S)NC(=NCCc2ccccc2)Nc2nc(C)cc(C)n2)c(C)c1. The minimum Gasteiger partial charge on any atom is -0.332 e. The van der Waals surface area contributed by atoms with Gasteiger partial charge < -0.3 is 10.6 Å². The zero-order valence-corrected chi connectivity index (χ0v) is 19.2. The Morgan fingerprint density at radius 2 is 1.61 bits per heavy atom. The lowest BCUT2D eigenvalue weighted by Gasteiger charge is -2.15. The van der Waals surface area contributed by atoms with E-state index in [2.05, 4.69) is 69.0 Å². The van der Waals surface area contributed by atoms with Crippen molar-refractivity contribution in [3.05, 3.63) is 82.7 Å². The molecule has 1 heterocycles. The van der Waals surface area contributed by atoms with Gasteiger partial charge in [-0.2, -0.15) is 0 Å². The molecule has 0 aliphatic heterocycles. The summed E-state index contributed by atoms with van der Waals surface area (Å²) in [5.41, 5.74) is 6.28. The first-order valence-corrected chi connectivity index (χ1v) is 10.6. The van der Waals surface area contributed by atoms with Crippen molar-refractivity contribution in [1.29, 1.82) is 0 Å². The second-order valence-corrected chi connectivity index (χ2v) is 7.87. The largest absolute Gasteiger partial charge is 0.332 e. The van der Waals surface area contributed by atoms with Crippen LogP contribution < -0.4 is 16.0 Å². The lowest BCUT2D eigenvalue weighted by molar-refractivity contribution is 0.956. The first-order valence-electron chi connectivity index (χ1n) is 10.2. The number of aryl methyl sites for hydroxylation is 4. The summed E-state index contributed by atoms with van der Waals surface area (Å²) in [6.45, 7) is 8.58. The van der Waals surface area contributed by atoms with Crippen molar-refractivity contribution in [2.45, 2.75) is 34.1 Å². The molecule has 0 aliphatic rings. The third-order valence-electron chi connectivity index (χ3n) is 4.59. The molecule has 0 fully saturated rings. The molecule has 2 aromatic carbocycles. The standard InChI is InChI=1S/C24H28N6S/c1-16-10-11-21(17(2)14-16)28-24(31)30-22(25-13-12-20-8-6-5-7-9-20)29-23-26-18(3)15-19(4)27-23/h5-11,14-15H,12-13H2,1-4H3,(H3,25,26,27,28,29,30,31). The zero-order chi connectivity index (χ0) is 22.2. The van der Waals surface area contributed by atoms with E-state index in [0.29, 0.717) is 23.6 Å². The summed E-state index contributed by atoms with van der Waals surface area (Å²) in [6.07, 6.45) is 0.818. The number of anilines is 2. The van der Waals surface area contributed by atoms with E-state index >= 15 is 0 Å². The number of rotatable bonds is 5. The Labute approximate surface area is 189 Å². The van der Waals surface area contributed by atoms with Gasteiger partial charge in [0.05, 0.1) is 0 Å². The molecule has 0 amide bonds. The van der Waals surface area contributed by atoms with E-state index in [1.807, 2.05) is 44.2 Å². The van der Waals surface area contributed by atoms with E-state index in [1.54, 1.807) is 0 Å². The van der Waals surface area contributed by atoms with Gasteiger partial charge in [-0.05, 0) is 69.6 Å². The molecule has 1 aromatic heterocycles. The molecule has 3 N–H and O–H groups in total. The highest BCUT2D eigenvalue weighted by molar-refractivity contribution is 7.80. The van der Waals surface area contributed by atoms with Gasteiger partial charge in [0, 0.05) is 23.6 Å². The van der Waals surface area contributed by atoms with E-state index in [1.165, 1.54) is 11.1 Å². The molecule has 0 bridgehead atoms. The Morgan fingerprint density at radius 1 is 0.903 bits per heavy atom. The van der Waals surface area contributed by atoms with Gasteiger partial charge in [0.25, 0.3) is 0 Å². The number of guanidine groups is 1.